The second-order valence-corrected chi connectivity index (χ2v) is 9.95. The molecule has 0 saturated heterocycles. The van der Waals surface area contributed by atoms with Gasteiger partial charge in [-0.2, -0.15) is 10.5 Å². The first-order chi connectivity index (χ1) is 16.3. The molecule has 0 saturated carbocycles. The van der Waals surface area contributed by atoms with Gasteiger partial charge in [-0.3, -0.25) is 9.36 Å². The lowest BCUT2D eigenvalue weighted by molar-refractivity contribution is 0.412. The van der Waals surface area contributed by atoms with E-state index in [1.165, 1.54) is 4.57 Å². The van der Waals surface area contributed by atoms with E-state index in [0.717, 1.165) is 21.4 Å². The van der Waals surface area contributed by atoms with Crippen molar-refractivity contribution >= 4 is 60.7 Å². The second-order valence-electron chi connectivity index (χ2n) is 7.21. The number of nitrogens with zero attached hydrogens (tertiary/aromatic N) is 3. The highest BCUT2D eigenvalue weighted by Crippen LogP contribution is 2.38. The van der Waals surface area contributed by atoms with Gasteiger partial charge in [-0.25, -0.2) is 0 Å². The number of hydrogen-bond donors (Lipinski definition) is 1. The minimum atomic E-state index is -0.710. The third-order valence-corrected chi connectivity index (χ3v) is 7.72. The fourth-order valence-electron chi connectivity index (χ4n) is 3.77. The Morgan fingerprint density at radius 1 is 1.03 bits per heavy atom. The van der Waals surface area contributed by atoms with Gasteiger partial charge in [-0.1, -0.05) is 12.1 Å². The number of hydrogen-bond acceptors (Lipinski definition) is 7. The summed E-state index contributed by atoms with van der Waals surface area (Å²) in [7, 11) is 3.12. The molecule has 1 aromatic heterocycles. The molecule has 0 aliphatic carbocycles. The average Bonchev–Trinajstić information content (AvgIpc) is 3.15. The van der Waals surface area contributed by atoms with Gasteiger partial charge >= 0.3 is 0 Å². The normalized spacial score (nSPS) is 15.5. The summed E-state index contributed by atoms with van der Waals surface area (Å²) < 4.78 is 14.0. The minimum absolute atomic E-state index is 0.0188. The smallest absolute Gasteiger partial charge is 0.274 e. The maximum atomic E-state index is 13.3. The molecule has 0 amide bonds. The highest BCUT2D eigenvalue weighted by atomic mass is 79.9. The lowest BCUT2D eigenvalue weighted by atomic mass is 9.84. The molecule has 0 unspecified atom stereocenters. The summed E-state index contributed by atoms with van der Waals surface area (Å²) in [4.78, 5) is 13.3. The zero-order valence-corrected chi connectivity index (χ0v) is 21.9. The number of benzene rings is 2. The Bertz CT molecular complexity index is 1620. The third kappa shape index (κ3) is 3.94. The highest BCUT2D eigenvalue weighted by Gasteiger charge is 2.32. The monoisotopic (exact) mass is 598 g/mol. The number of methoxy groups -OCH3 is 2. The van der Waals surface area contributed by atoms with Gasteiger partial charge < -0.3 is 15.2 Å². The van der Waals surface area contributed by atoms with E-state index < -0.39 is 5.92 Å². The molecule has 2 aromatic carbocycles. The number of fused-ring (bicyclic) bond motifs is 1. The summed E-state index contributed by atoms with van der Waals surface area (Å²) in [6.45, 7) is 0. The summed E-state index contributed by atoms with van der Waals surface area (Å²) in [5, 5.41) is 20.0. The van der Waals surface area contributed by atoms with Gasteiger partial charge in [0, 0.05) is 0 Å². The summed E-state index contributed by atoms with van der Waals surface area (Å²) in [6.07, 6.45) is 1.72. The molecule has 34 heavy (non-hydrogen) atoms. The van der Waals surface area contributed by atoms with Crippen LogP contribution in [0.15, 0.2) is 55.7 Å². The van der Waals surface area contributed by atoms with Gasteiger partial charge in [0.2, 0.25) is 0 Å². The zero-order chi connectivity index (χ0) is 24.6. The number of rotatable bonds is 4. The molecular formula is C24H16Br2N4O3S. The molecule has 10 heteroatoms. The first kappa shape index (κ1) is 23.8. The molecule has 0 radical (unpaired) electrons. The molecule has 0 bridgehead atoms. The van der Waals surface area contributed by atoms with Gasteiger partial charge in [-0.05, 0) is 73.3 Å². The first-order valence-electron chi connectivity index (χ1n) is 9.79. The number of nitrogens with two attached hydrogens (primary N) is 1. The Balaban J connectivity index is 2.00. The van der Waals surface area contributed by atoms with Crippen LogP contribution in [0, 0.1) is 22.7 Å². The lowest BCUT2D eigenvalue weighted by Gasteiger charge is -2.22. The molecule has 2 heterocycles. The lowest BCUT2D eigenvalue weighted by Crippen LogP contribution is -2.38. The molecule has 3 aromatic rings. The molecule has 2 N–H and O–H groups in total. The first-order valence-corrected chi connectivity index (χ1v) is 12.2. The van der Waals surface area contributed by atoms with Crippen molar-refractivity contribution in [1.29, 1.82) is 10.5 Å². The SMILES string of the molecule is COc1ccc(/C=c2\sc3n(c2=O)C(N)=C(C#N)[C@@H](c2ccc(OC)c(Br)c2)C=3C#N)cc1Br. The van der Waals surface area contributed by atoms with Crippen LogP contribution in [0.2, 0.25) is 0 Å². The van der Waals surface area contributed by atoms with Crippen LogP contribution in [-0.2, 0) is 0 Å². The quantitative estimate of drug-likeness (QED) is 0.492. The molecule has 7 nitrogen and oxygen atoms in total. The van der Waals surface area contributed by atoms with Crippen LogP contribution in [-0.4, -0.2) is 18.8 Å². The predicted molar refractivity (Wildman–Crippen MR) is 138 cm³/mol. The average molecular weight is 600 g/mol. The summed E-state index contributed by atoms with van der Waals surface area (Å²) in [5.41, 5.74) is 7.81. The Morgan fingerprint density at radius 3 is 2.21 bits per heavy atom. The van der Waals surface area contributed by atoms with Gasteiger partial charge in [0.15, 0.2) is 0 Å². The van der Waals surface area contributed by atoms with Crippen LogP contribution in [0.5, 0.6) is 11.5 Å². The maximum Gasteiger partial charge on any atom is 0.274 e. The largest absolute Gasteiger partial charge is 0.496 e. The number of nitriles is 2. The van der Waals surface area contributed by atoms with E-state index >= 15 is 0 Å². The molecular weight excluding hydrogens is 584 g/mol. The van der Waals surface area contributed by atoms with Gasteiger partial charge in [0.25, 0.3) is 5.56 Å². The third-order valence-electron chi connectivity index (χ3n) is 5.37. The predicted octanol–water partition coefficient (Wildman–Crippen LogP) is 3.40. The maximum absolute atomic E-state index is 13.3. The number of allylic oxidation sites excluding steroid dienone is 1. The molecule has 0 fully saturated rings. The van der Waals surface area contributed by atoms with E-state index in [0.29, 0.717) is 30.7 Å². The van der Waals surface area contributed by atoms with Crippen LogP contribution in [0.25, 0.3) is 17.5 Å². The van der Waals surface area contributed by atoms with Crippen molar-refractivity contribution in [1.82, 2.24) is 4.57 Å². The molecule has 0 spiro atoms. The van der Waals surface area contributed by atoms with Crippen molar-refractivity contribution < 1.29 is 9.47 Å². The van der Waals surface area contributed by atoms with E-state index in [1.807, 2.05) is 12.1 Å². The van der Waals surface area contributed by atoms with Crippen LogP contribution in [0.3, 0.4) is 0 Å². The molecule has 4 rings (SSSR count). The molecule has 1 aliphatic heterocycles. The number of aromatic nitrogens is 1. The van der Waals surface area contributed by atoms with E-state index in [-0.39, 0.29) is 22.5 Å². The topological polar surface area (TPSA) is 114 Å². The standard InChI is InChI=1S/C24H16Br2N4O3S/c1-32-18-5-3-12(7-16(18)25)8-20-23(31)30-22(29)14(10-27)21(15(11-28)24(30)34-20)13-4-6-19(33-2)17(26)9-13/h3-9,21H,29H2,1-2H3/b20-8-/t21-/m1/s1. The number of halogens is 2. The highest BCUT2D eigenvalue weighted by molar-refractivity contribution is 9.10. The Labute approximate surface area is 215 Å². The van der Waals surface area contributed by atoms with Gasteiger partial charge in [-0.15, -0.1) is 11.3 Å². The van der Waals surface area contributed by atoms with Crippen LogP contribution in [0.1, 0.15) is 17.0 Å². The van der Waals surface area contributed by atoms with Gasteiger partial charge in [0.05, 0.1) is 56.9 Å². The van der Waals surface area contributed by atoms with Crippen molar-refractivity contribution in [2.24, 2.45) is 5.73 Å². The van der Waals surface area contributed by atoms with Crippen LogP contribution in [0.4, 0.5) is 0 Å². The Kier molecular flexibility index (Phi) is 6.67. The molecule has 170 valence electrons. The number of ether oxygens (including phenoxy) is 2. The second kappa shape index (κ2) is 9.51. The molecule has 1 atom stereocenters. The van der Waals surface area contributed by atoms with E-state index in [2.05, 4.69) is 44.0 Å². The minimum Gasteiger partial charge on any atom is -0.496 e. The fourth-order valence-corrected chi connectivity index (χ4v) is 6.02. The summed E-state index contributed by atoms with van der Waals surface area (Å²) in [5.74, 6) is 0.589. The number of thiazole rings is 1. The van der Waals surface area contributed by atoms with Crippen molar-refractivity contribution in [2.45, 2.75) is 5.92 Å². The zero-order valence-electron chi connectivity index (χ0n) is 17.9. The summed E-state index contributed by atoms with van der Waals surface area (Å²) >= 11 is 8.06. The van der Waals surface area contributed by atoms with Crippen molar-refractivity contribution in [2.75, 3.05) is 14.2 Å². The van der Waals surface area contributed by atoms with Crippen LogP contribution < -0.4 is 30.0 Å². The fraction of sp³-hybridized carbons (Fsp3) is 0.125. The van der Waals surface area contributed by atoms with Crippen LogP contribution >= 0.6 is 43.2 Å². The molecule has 1 aliphatic rings. The Hall–Kier alpha value is -3.31. The van der Waals surface area contributed by atoms with Crippen molar-refractivity contribution in [3.8, 4) is 23.6 Å². The van der Waals surface area contributed by atoms with Gasteiger partial charge in [0.1, 0.15) is 22.0 Å². The van der Waals surface area contributed by atoms with Crippen molar-refractivity contribution in [3.63, 3.8) is 0 Å². The van der Waals surface area contributed by atoms with Crippen molar-refractivity contribution in [3.05, 3.63) is 81.6 Å². The van der Waals surface area contributed by atoms with E-state index in [4.69, 9.17) is 15.2 Å². The summed E-state index contributed by atoms with van der Waals surface area (Å²) in [6, 6.07) is 15.1. The van der Waals surface area contributed by atoms with E-state index in [1.54, 1.807) is 44.6 Å². The van der Waals surface area contributed by atoms with E-state index in [9.17, 15) is 15.3 Å². The Morgan fingerprint density at radius 2 is 1.65 bits per heavy atom.